The molecule has 0 N–H and O–H groups in total. The first kappa shape index (κ1) is 13.9. The van der Waals surface area contributed by atoms with Gasteiger partial charge in [-0.25, -0.2) is 0 Å². The van der Waals surface area contributed by atoms with E-state index in [1.54, 1.807) is 0 Å². The van der Waals surface area contributed by atoms with Gasteiger partial charge in [0.15, 0.2) is 0 Å². The van der Waals surface area contributed by atoms with Gasteiger partial charge in [-0.2, -0.15) is 0 Å². The quantitative estimate of drug-likeness (QED) is 0.668. The molecule has 0 fully saturated rings. The van der Waals surface area contributed by atoms with Gasteiger partial charge in [-0.05, 0) is 42.2 Å². The standard InChI is InChI=1S/C19H24/c1-16(14-18-9-5-3-6-10-18)13-17(2)15-19-11-7-4-8-12-19/h3-12,16-17H,13-15H2,1-2H3. The molecule has 0 aliphatic heterocycles. The van der Waals surface area contributed by atoms with Crippen LogP contribution in [0.1, 0.15) is 31.4 Å². The first-order valence-corrected chi connectivity index (χ1v) is 7.32. The second kappa shape index (κ2) is 7.13. The minimum Gasteiger partial charge on any atom is -0.0622 e. The third kappa shape index (κ3) is 4.90. The number of rotatable bonds is 6. The van der Waals surface area contributed by atoms with Crippen molar-refractivity contribution in [1.82, 2.24) is 0 Å². The van der Waals surface area contributed by atoms with Crippen LogP contribution in [0.25, 0.3) is 0 Å². The largest absolute Gasteiger partial charge is 0.0622 e. The molecule has 19 heavy (non-hydrogen) atoms. The Morgan fingerprint density at radius 3 is 1.37 bits per heavy atom. The van der Waals surface area contributed by atoms with Crippen LogP contribution in [0.3, 0.4) is 0 Å². The lowest BCUT2D eigenvalue weighted by Crippen LogP contribution is -2.08. The van der Waals surface area contributed by atoms with Crippen LogP contribution in [0, 0.1) is 11.8 Å². The molecule has 0 spiro atoms. The molecule has 0 radical (unpaired) electrons. The Balaban J connectivity index is 1.80. The van der Waals surface area contributed by atoms with E-state index >= 15 is 0 Å². The normalized spacial score (nSPS) is 14.0. The third-order valence-corrected chi connectivity index (χ3v) is 3.66. The molecule has 0 aliphatic rings. The minimum atomic E-state index is 0.751. The Hall–Kier alpha value is -1.56. The molecule has 2 aromatic carbocycles. The van der Waals surface area contributed by atoms with E-state index in [4.69, 9.17) is 0 Å². The van der Waals surface area contributed by atoms with Crippen LogP contribution in [0.5, 0.6) is 0 Å². The second-order valence-corrected chi connectivity index (χ2v) is 5.83. The summed E-state index contributed by atoms with van der Waals surface area (Å²) in [4.78, 5) is 0. The molecule has 2 unspecified atom stereocenters. The van der Waals surface area contributed by atoms with Crippen molar-refractivity contribution >= 4 is 0 Å². The van der Waals surface area contributed by atoms with Crippen molar-refractivity contribution in [3.8, 4) is 0 Å². The van der Waals surface area contributed by atoms with Crippen molar-refractivity contribution in [3.05, 3.63) is 71.8 Å². The summed E-state index contributed by atoms with van der Waals surface area (Å²) in [5.74, 6) is 1.50. The topological polar surface area (TPSA) is 0 Å². The van der Waals surface area contributed by atoms with Gasteiger partial charge in [-0.1, -0.05) is 74.5 Å². The van der Waals surface area contributed by atoms with E-state index in [0.717, 1.165) is 11.8 Å². The van der Waals surface area contributed by atoms with Gasteiger partial charge in [0.2, 0.25) is 0 Å². The number of benzene rings is 2. The molecule has 0 heteroatoms. The predicted molar refractivity (Wildman–Crippen MR) is 83.2 cm³/mol. The van der Waals surface area contributed by atoms with Crippen molar-refractivity contribution in [1.29, 1.82) is 0 Å². The summed E-state index contributed by atoms with van der Waals surface area (Å²) in [5, 5.41) is 0. The van der Waals surface area contributed by atoms with Gasteiger partial charge >= 0.3 is 0 Å². The van der Waals surface area contributed by atoms with Crippen molar-refractivity contribution in [2.24, 2.45) is 11.8 Å². The maximum atomic E-state index is 2.37. The Labute approximate surface area is 117 Å². The van der Waals surface area contributed by atoms with Crippen molar-refractivity contribution in [2.75, 3.05) is 0 Å². The molecule has 2 rings (SSSR count). The van der Waals surface area contributed by atoms with E-state index in [9.17, 15) is 0 Å². The fourth-order valence-electron chi connectivity index (χ4n) is 2.89. The SMILES string of the molecule is CC(Cc1ccccc1)CC(C)Cc1ccccc1. The highest BCUT2D eigenvalue weighted by molar-refractivity contribution is 5.16. The Bertz CT molecular complexity index is 412. The maximum absolute atomic E-state index is 2.37. The molecule has 0 amide bonds. The summed E-state index contributed by atoms with van der Waals surface area (Å²) in [6, 6.07) is 21.7. The molecule has 0 bridgehead atoms. The van der Waals surface area contributed by atoms with Gasteiger partial charge in [0.05, 0.1) is 0 Å². The lowest BCUT2D eigenvalue weighted by atomic mass is 9.88. The highest BCUT2D eigenvalue weighted by atomic mass is 14.2. The number of hydrogen-bond donors (Lipinski definition) is 0. The summed E-state index contributed by atoms with van der Waals surface area (Å²) >= 11 is 0. The molecule has 2 atom stereocenters. The van der Waals surface area contributed by atoms with Gasteiger partial charge in [0, 0.05) is 0 Å². The first-order valence-electron chi connectivity index (χ1n) is 7.32. The zero-order chi connectivity index (χ0) is 13.5. The molecule has 100 valence electrons. The Morgan fingerprint density at radius 2 is 1.00 bits per heavy atom. The van der Waals surface area contributed by atoms with Crippen molar-refractivity contribution < 1.29 is 0 Å². The van der Waals surface area contributed by atoms with E-state index in [0.29, 0.717) is 0 Å². The Morgan fingerprint density at radius 1 is 0.632 bits per heavy atom. The third-order valence-electron chi connectivity index (χ3n) is 3.66. The van der Waals surface area contributed by atoms with Crippen molar-refractivity contribution in [2.45, 2.75) is 33.1 Å². The lowest BCUT2D eigenvalue weighted by molar-refractivity contribution is 0.411. The lowest BCUT2D eigenvalue weighted by Gasteiger charge is -2.17. The summed E-state index contributed by atoms with van der Waals surface area (Å²) in [6.07, 6.45) is 3.68. The average molecular weight is 252 g/mol. The summed E-state index contributed by atoms with van der Waals surface area (Å²) in [5.41, 5.74) is 2.92. The highest BCUT2D eigenvalue weighted by Crippen LogP contribution is 2.20. The van der Waals surface area contributed by atoms with Crippen LogP contribution in [0.4, 0.5) is 0 Å². The zero-order valence-electron chi connectivity index (χ0n) is 12.0. The molecule has 0 nitrogen and oxygen atoms in total. The summed E-state index contributed by atoms with van der Waals surface area (Å²) < 4.78 is 0. The van der Waals surface area contributed by atoms with Crippen LogP contribution in [-0.2, 0) is 12.8 Å². The molecule has 0 aromatic heterocycles. The predicted octanol–water partition coefficient (Wildman–Crippen LogP) is 5.13. The molecule has 0 aliphatic carbocycles. The fraction of sp³-hybridized carbons (Fsp3) is 0.368. The van der Waals surface area contributed by atoms with E-state index in [-0.39, 0.29) is 0 Å². The molecule has 2 aromatic rings. The molecule has 0 saturated heterocycles. The zero-order valence-corrected chi connectivity index (χ0v) is 12.0. The van der Waals surface area contributed by atoms with Gasteiger partial charge in [-0.3, -0.25) is 0 Å². The fourth-order valence-corrected chi connectivity index (χ4v) is 2.89. The van der Waals surface area contributed by atoms with E-state index in [2.05, 4.69) is 74.5 Å². The van der Waals surface area contributed by atoms with Crippen LogP contribution >= 0.6 is 0 Å². The monoisotopic (exact) mass is 252 g/mol. The summed E-state index contributed by atoms with van der Waals surface area (Å²) in [7, 11) is 0. The van der Waals surface area contributed by atoms with Gasteiger partial charge < -0.3 is 0 Å². The van der Waals surface area contributed by atoms with E-state index in [1.165, 1.54) is 30.4 Å². The van der Waals surface area contributed by atoms with Crippen LogP contribution in [-0.4, -0.2) is 0 Å². The molecular formula is C19H24. The smallest absolute Gasteiger partial charge is 0.0253 e. The number of hydrogen-bond acceptors (Lipinski definition) is 0. The average Bonchev–Trinajstić information content (AvgIpc) is 2.40. The molecule has 0 heterocycles. The highest BCUT2D eigenvalue weighted by Gasteiger charge is 2.10. The molecular weight excluding hydrogens is 228 g/mol. The molecule has 0 saturated carbocycles. The summed E-state index contributed by atoms with van der Waals surface area (Å²) in [6.45, 7) is 4.74. The van der Waals surface area contributed by atoms with Gasteiger partial charge in [0.1, 0.15) is 0 Å². The van der Waals surface area contributed by atoms with Gasteiger partial charge in [-0.15, -0.1) is 0 Å². The maximum Gasteiger partial charge on any atom is -0.0253 e. The van der Waals surface area contributed by atoms with Gasteiger partial charge in [0.25, 0.3) is 0 Å². The Kier molecular flexibility index (Phi) is 5.20. The van der Waals surface area contributed by atoms with Crippen LogP contribution in [0.2, 0.25) is 0 Å². The van der Waals surface area contributed by atoms with E-state index in [1.807, 2.05) is 0 Å². The second-order valence-electron chi connectivity index (χ2n) is 5.83. The van der Waals surface area contributed by atoms with Crippen molar-refractivity contribution in [3.63, 3.8) is 0 Å². The first-order chi connectivity index (χ1) is 9.24. The minimum absolute atomic E-state index is 0.751. The van der Waals surface area contributed by atoms with E-state index < -0.39 is 0 Å². The van der Waals surface area contributed by atoms with Crippen LogP contribution in [0.15, 0.2) is 60.7 Å². The van der Waals surface area contributed by atoms with Crippen LogP contribution < -0.4 is 0 Å².